The van der Waals surface area contributed by atoms with Crippen molar-refractivity contribution in [2.45, 2.75) is 6.92 Å². The van der Waals surface area contributed by atoms with Crippen molar-refractivity contribution >= 4 is 32.6 Å². The fourth-order valence-corrected chi connectivity index (χ4v) is 0.487. The summed E-state index contributed by atoms with van der Waals surface area (Å²) in [5.41, 5.74) is 2.55. The summed E-state index contributed by atoms with van der Waals surface area (Å²) in [6, 6.07) is 0. The third kappa shape index (κ3) is 12.1. The van der Waals surface area contributed by atoms with Crippen molar-refractivity contribution in [3.05, 3.63) is 0 Å². The first kappa shape index (κ1) is 11.4. The predicted octanol–water partition coefficient (Wildman–Crippen LogP) is 0.340. The van der Waals surface area contributed by atoms with E-state index in [1.807, 2.05) is 0 Å². The molecule has 0 amide bonds. The number of nitrogens with zero attached hydrogens (tertiary/aromatic N) is 1. The van der Waals surface area contributed by atoms with Gasteiger partial charge in [0.25, 0.3) is 0 Å². The molecule has 0 saturated heterocycles. The van der Waals surface area contributed by atoms with Gasteiger partial charge in [-0.25, -0.2) is 0 Å². The summed E-state index contributed by atoms with van der Waals surface area (Å²) >= 11 is 4.74. The predicted molar refractivity (Wildman–Crippen MR) is 56.0 cm³/mol. The highest BCUT2D eigenvalue weighted by molar-refractivity contribution is 7.80. The smallest absolute Gasteiger partial charge is 0.192 e. The molecule has 0 aromatic rings. The Morgan fingerprint density at radius 2 is 2.58 bits per heavy atom. The summed E-state index contributed by atoms with van der Waals surface area (Å²) in [6.45, 7) is 2.30. The first-order valence-electron chi connectivity index (χ1n) is 3.60. The molecule has 0 aliphatic carbocycles. The summed E-state index contributed by atoms with van der Waals surface area (Å²) in [4.78, 5) is 0. The van der Waals surface area contributed by atoms with Crippen molar-refractivity contribution in [3.63, 3.8) is 0 Å². The van der Waals surface area contributed by atoms with E-state index in [9.17, 15) is 0 Å². The number of hydrogen-bond donors (Lipinski definition) is 4. The van der Waals surface area contributed by atoms with Crippen LogP contribution in [0.4, 0.5) is 0 Å². The Labute approximate surface area is 80.8 Å². The van der Waals surface area contributed by atoms with E-state index in [1.165, 1.54) is 0 Å². The van der Waals surface area contributed by atoms with Crippen LogP contribution >= 0.6 is 21.2 Å². The van der Waals surface area contributed by atoms with E-state index in [-0.39, 0.29) is 6.61 Å². The van der Waals surface area contributed by atoms with Crippen LogP contribution in [0.1, 0.15) is 6.92 Å². The fourth-order valence-electron chi connectivity index (χ4n) is 0.332. The van der Waals surface area contributed by atoms with Crippen molar-refractivity contribution in [2.24, 2.45) is 5.10 Å². The van der Waals surface area contributed by atoms with Gasteiger partial charge in [0, 0.05) is 12.8 Å². The van der Waals surface area contributed by atoms with Crippen LogP contribution in [0.3, 0.4) is 0 Å². The number of aliphatic hydroxyl groups excluding tert-OH is 1. The maximum Gasteiger partial charge on any atom is 0.192 e. The first-order chi connectivity index (χ1) is 6.22. The van der Waals surface area contributed by atoms with Crippen LogP contribution in [0, 0.1) is 5.15 Å². The lowest BCUT2D eigenvalue weighted by Crippen LogP contribution is -2.33. The van der Waals surface area contributed by atoms with E-state index >= 15 is 0 Å². The van der Waals surface area contributed by atoms with Crippen LogP contribution in [-0.4, -0.2) is 29.6 Å². The van der Waals surface area contributed by atoms with Crippen LogP contribution in [-0.2, 0) is 0 Å². The maximum atomic E-state index is 8.35. The highest BCUT2D eigenvalue weighted by Gasteiger charge is 1.87. The Hall–Kier alpha value is -0.580. The molecular weight excluding hydrogens is 195 g/mol. The molecule has 5 nitrogen and oxygen atoms in total. The molecule has 4 N–H and O–H groups in total. The number of aliphatic hydroxyl groups is 1. The van der Waals surface area contributed by atoms with Crippen LogP contribution in [0.25, 0.3) is 0 Å². The summed E-state index contributed by atoms with van der Waals surface area (Å²) < 4.78 is 5.75. The largest absolute Gasteiger partial charge is 0.395 e. The first-order valence-corrected chi connectivity index (χ1v) is 4.01. The van der Waals surface area contributed by atoms with Gasteiger partial charge in [0.15, 0.2) is 6.52 Å². The average molecular weight is 209 g/mol. The summed E-state index contributed by atoms with van der Waals surface area (Å²) in [5.74, 6) is 0. The molecule has 0 aromatic carbocycles. The van der Waals surface area contributed by atoms with Crippen molar-refractivity contribution in [1.82, 2.24) is 10.7 Å². The minimum absolute atomic E-state index is 0.0671. The zero-order chi connectivity index (χ0) is 10.5. The molecule has 0 fully saturated rings. The topological polar surface area (TPSA) is 80.5 Å². The van der Waals surface area contributed by atoms with Gasteiger partial charge in [-0.05, 0) is 28.2 Å². The van der Waals surface area contributed by atoms with Gasteiger partial charge in [0.05, 0.1) is 6.61 Å². The third-order valence-corrected chi connectivity index (χ3v) is 0.928. The Bertz CT molecular complexity index is 169. The van der Waals surface area contributed by atoms with E-state index in [0.29, 0.717) is 11.7 Å². The SMILES string of the molecule is CC=NNC(=S)NCCO.[2H]N=P. The van der Waals surface area contributed by atoms with Crippen LogP contribution in [0.2, 0.25) is 1.41 Å². The van der Waals surface area contributed by atoms with Gasteiger partial charge in [-0.2, -0.15) is 5.10 Å². The summed E-state index contributed by atoms with van der Waals surface area (Å²) in [5, 5.41) is 17.7. The van der Waals surface area contributed by atoms with E-state index < -0.39 is 0 Å². The molecule has 0 heterocycles. The monoisotopic (exact) mass is 209 g/mol. The van der Waals surface area contributed by atoms with Gasteiger partial charge in [-0.3, -0.25) is 10.6 Å². The van der Waals surface area contributed by atoms with Crippen molar-refractivity contribution < 1.29 is 6.52 Å². The zero-order valence-corrected chi connectivity index (χ0v) is 8.56. The van der Waals surface area contributed by atoms with Crippen molar-refractivity contribution in [2.75, 3.05) is 13.2 Å². The van der Waals surface area contributed by atoms with E-state index in [4.69, 9.17) is 18.7 Å². The molecule has 0 unspecified atom stereocenters. The highest BCUT2D eigenvalue weighted by Crippen LogP contribution is 1.65. The minimum atomic E-state index is 0.0671. The highest BCUT2D eigenvalue weighted by atomic mass is 32.1. The Morgan fingerprint density at radius 3 is 3.00 bits per heavy atom. The number of hydrogen-bond acceptors (Lipinski definition) is 4. The maximum absolute atomic E-state index is 8.35. The van der Waals surface area contributed by atoms with Gasteiger partial charge in [0.1, 0.15) is 0 Å². The van der Waals surface area contributed by atoms with E-state index in [2.05, 4.69) is 30.0 Å². The van der Waals surface area contributed by atoms with Crippen molar-refractivity contribution in [3.8, 4) is 0 Å². The van der Waals surface area contributed by atoms with Crippen molar-refractivity contribution in [1.29, 1.82) is 5.15 Å². The van der Waals surface area contributed by atoms with Crippen LogP contribution in [0.5, 0.6) is 0 Å². The normalized spacial score (nSPS) is 9.33. The second kappa shape index (κ2) is 13.0. The summed E-state index contributed by atoms with van der Waals surface area (Å²) in [7, 11) is 2.48. The standard InChI is InChI=1S/C5H11N3OS.H2NP/c1-2-7-8-5(10)6-3-4-9;1-2/h2,9H,3-4H2,1H3,(H2,6,8,10);1-2H/i/hD. The Balaban J connectivity index is 0. The number of thiocarbonyl (C=S) groups is 1. The lowest BCUT2D eigenvalue weighted by molar-refractivity contribution is 0.300. The zero-order valence-electron chi connectivity index (χ0n) is 7.74. The molecular formula is C5H13N4OPS. The molecule has 0 aliphatic rings. The Morgan fingerprint density at radius 1 is 2.00 bits per heavy atom. The molecule has 7 heteroatoms. The lowest BCUT2D eigenvalue weighted by atomic mass is 10.7. The van der Waals surface area contributed by atoms with Gasteiger partial charge in [0.2, 0.25) is 0 Å². The van der Waals surface area contributed by atoms with E-state index in [1.54, 1.807) is 13.1 Å². The molecule has 0 spiro atoms. The Kier molecular flexibility index (Phi) is 12.4. The number of nitrogens with one attached hydrogen (secondary N) is 3. The lowest BCUT2D eigenvalue weighted by Gasteiger charge is -2.02. The minimum Gasteiger partial charge on any atom is -0.395 e. The fraction of sp³-hybridized carbons (Fsp3) is 0.600. The molecule has 0 radical (unpaired) electrons. The molecule has 70 valence electrons. The van der Waals surface area contributed by atoms with Crippen LogP contribution < -0.4 is 10.7 Å². The molecule has 0 aromatic heterocycles. The molecule has 0 atom stereocenters. The molecule has 0 saturated carbocycles. The van der Waals surface area contributed by atoms with E-state index in [0.717, 1.165) is 0 Å². The molecule has 0 rings (SSSR count). The van der Waals surface area contributed by atoms with Gasteiger partial charge < -0.3 is 10.4 Å². The molecule has 12 heavy (non-hydrogen) atoms. The van der Waals surface area contributed by atoms with Gasteiger partial charge >= 0.3 is 0 Å². The second-order valence-corrected chi connectivity index (χ2v) is 1.89. The quantitative estimate of drug-likeness (QED) is 0.234. The van der Waals surface area contributed by atoms with Gasteiger partial charge in [-0.15, -0.1) is 0 Å². The molecule has 0 aliphatic heterocycles. The number of rotatable bonds is 3. The second-order valence-electron chi connectivity index (χ2n) is 1.48. The number of hydrazone groups is 1. The van der Waals surface area contributed by atoms with Crippen LogP contribution in [0.15, 0.2) is 5.10 Å². The molecule has 0 bridgehead atoms. The average Bonchev–Trinajstić information content (AvgIpc) is 2.12. The summed E-state index contributed by atoms with van der Waals surface area (Å²) in [6.07, 6.45) is 1.59. The van der Waals surface area contributed by atoms with Gasteiger partial charge in [-0.1, -0.05) is 0 Å². The third-order valence-electron chi connectivity index (χ3n) is 0.693.